The second-order valence-electron chi connectivity index (χ2n) is 2.61. The van der Waals surface area contributed by atoms with Gasteiger partial charge in [0.05, 0.1) is 6.10 Å². The van der Waals surface area contributed by atoms with E-state index in [1.807, 2.05) is 0 Å². The molecule has 2 atom stereocenters. The van der Waals surface area contributed by atoms with E-state index in [9.17, 15) is 8.42 Å². The highest BCUT2D eigenvalue weighted by Crippen LogP contribution is 2.06. The topological polar surface area (TPSA) is 77.8 Å². The Balaban J connectivity index is 4.64. The summed E-state index contributed by atoms with van der Waals surface area (Å²) in [5, 5.41) is 7.69. The van der Waals surface area contributed by atoms with Crippen LogP contribution in [0.3, 0.4) is 0 Å². The van der Waals surface area contributed by atoms with Crippen LogP contribution in [0.15, 0.2) is 0 Å². The van der Waals surface area contributed by atoms with Crippen LogP contribution in [-0.4, -0.2) is 48.6 Å². The molecule has 0 saturated carbocycles. The molecule has 0 radical (unpaired) electrons. The molecule has 0 spiro atoms. The monoisotopic (exact) mass is 183 g/mol. The lowest BCUT2D eigenvalue weighted by molar-refractivity contribution is 0.126. The molecule has 0 heterocycles. The minimum atomic E-state index is -4.19. The summed E-state index contributed by atoms with van der Waals surface area (Å²) in [6.07, 6.45) is -1.11. The van der Waals surface area contributed by atoms with Gasteiger partial charge in [0.1, 0.15) is 0 Å². The maximum atomic E-state index is 10.6. The molecule has 6 heteroatoms. The van der Waals surface area contributed by atoms with Gasteiger partial charge in [0.15, 0.2) is 5.37 Å². The van der Waals surface area contributed by atoms with E-state index in [0.29, 0.717) is 0 Å². The van der Waals surface area contributed by atoms with Crippen LogP contribution in [0, 0.1) is 0 Å². The van der Waals surface area contributed by atoms with Gasteiger partial charge in [-0.1, -0.05) is 0 Å². The molecule has 68 valence electrons. The third-order valence-electron chi connectivity index (χ3n) is 1.23. The van der Waals surface area contributed by atoms with E-state index >= 15 is 0 Å². The zero-order chi connectivity index (χ0) is 9.23. The van der Waals surface area contributed by atoms with Gasteiger partial charge in [0.2, 0.25) is 0 Å². The Hall–Kier alpha value is -0.170. The molecule has 0 aromatic heterocycles. The molecule has 0 amide bonds. The van der Waals surface area contributed by atoms with Gasteiger partial charge in [-0.15, -0.1) is 0 Å². The van der Waals surface area contributed by atoms with Gasteiger partial charge in [-0.25, -0.2) is 0 Å². The maximum absolute atomic E-state index is 10.6. The summed E-state index contributed by atoms with van der Waals surface area (Å²) in [6.45, 7) is 1.30. The number of aliphatic hydroxyl groups excluding tert-OH is 1. The van der Waals surface area contributed by atoms with Crippen LogP contribution >= 0.6 is 0 Å². The number of likely N-dealkylation sites (N-methyl/N-ethyl adjacent to an activating group) is 1. The van der Waals surface area contributed by atoms with Gasteiger partial charge in [0.25, 0.3) is 10.1 Å². The van der Waals surface area contributed by atoms with E-state index < -0.39 is 21.6 Å². The molecule has 0 aromatic carbocycles. The van der Waals surface area contributed by atoms with E-state index in [-0.39, 0.29) is 0 Å². The molecule has 0 aliphatic heterocycles. The first kappa shape index (κ1) is 10.8. The third kappa shape index (κ3) is 3.15. The van der Waals surface area contributed by atoms with Crippen molar-refractivity contribution in [3.63, 3.8) is 0 Å². The van der Waals surface area contributed by atoms with Gasteiger partial charge in [0, 0.05) is 0 Å². The molecule has 0 fully saturated rings. The van der Waals surface area contributed by atoms with Crippen LogP contribution in [0.2, 0.25) is 0 Å². The predicted molar refractivity (Wildman–Crippen MR) is 40.7 cm³/mol. The summed E-state index contributed by atoms with van der Waals surface area (Å²) in [5.74, 6) is 0. The number of hydrogen-bond acceptors (Lipinski definition) is 4. The summed E-state index contributed by atoms with van der Waals surface area (Å²) in [5.41, 5.74) is 0. The fraction of sp³-hybridized carbons (Fsp3) is 1.00. The second kappa shape index (κ2) is 3.48. The third-order valence-corrected chi connectivity index (χ3v) is 2.65. The first-order valence-corrected chi connectivity index (χ1v) is 4.58. The van der Waals surface area contributed by atoms with Gasteiger partial charge in [-0.3, -0.25) is 9.45 Å². The van der Waals surface area contributed by atoms with Crippen LogP contribution < -0.4 is 0 Å². The Morgan fingerprint density at radius 3 is 1.73 bits per heavy atom. The van der Waals surface area contributed by atoms with Crippen molar-refractivity contribution in [2.45, 2.75) is 18.4 Å². The first-order chi connectivity index (χ1) is 4.76. The van der Waals surface area contributed by atoms with Crippen molar-refractivity contribution in [3.05, 3.63) is 0 Å². The summed E-state index contributed by atoms with van der Waals surface area (Å²) >= 11 is 0. The minimum absolute atomic E-state index is 1.11. The van der Waals surface area contributed by atoms with Crippen molar-refractivity contribution in [2.75, 3.05) is 14.1 Å². The maximum Gasteiger partial charge on any atom is 0.283 e. The lowest BCUT2D eigenvalue weighted by atomic mass is 10.4. The summed E-state index contributed by atoms with van der Waals surface area (Å²) in [7, 11) is -1.26. The van der Waals surface area contributed by atoms with Crippen LogP contribution in [0.5, 0.6) is 0 Å². The molecule has 2 unspecified atom stereocenters. The zero-order valence-corrected chi connectivity index (χ0v) is 7.54. The number of aliphatic hydroxyl groups is 1. The molecule has 0 aromatic rings. The molecule has 5 nitrogen and oxygen atoms in total. The predicted octanol–water partition coefficient (Wildman–Crippen LogP) is -0.857. The highest BCUT2D eigenvalue weighted by molar-refractivity contribution is 7.86. The standard InChI is InChI=1S/C5H13NO4S/c1-4(7)5(6(2)3)11(8,9)10/h4-5,7H,1-3H3,(H,8,9,10). The van der Waals surface area contributed by atoms with Gasteiger partial charge in [-0.05, 0) is 21.0 Å². The van der Waals surface area contributed by atoms with Gasteiger partial charge >= 0.3 is 0 Å². The SMILES string of the molecule is CC(O)C(N(C)C)S(=O)(=O)O. The van der Waals surface area contributed by atoms with Crippen molar-refractivity contribution in [1.82, 2.24) is 4.90 Å². The highest BCUT2D eigenvalue weighted by atomic mass is 32.2. The molecule has 0 bridgehead atoms. The lowest BCUT2D eigenvalue weighted by Gasteiger charge is -2.23. The second-order valence-corrected chi connectivity index (χ2v) is 4.12. The van der Waals surface area contributed by atoms with Crippen LogP contribution in [0.25, 0.3) is 0 Å². The molecular formula is C5H13NO4S. The first-order valence-electron chi connectivity index (χ1n) is 3.07. The minimum Gasteiger partial charge on any atom is -0.391 e. The van der Waals surface area contributed by atoms with Crippen molar-refractivity contribution >= 4 is 10.1 Å². The molecule has 0 saturated heterocycles. The highest BCUT2D eigenvalue weighted by Gasteiger charge is 2.29. The molecule has 11 heavy (non-hydrogen) atoms. The van der Waals surface area contributed by atoms with E-state index in [1.165, 1.54) is 25.9 Å². The average Bonchev–Trinajstić information content (AvgIpc) is 1.54. The lowest BCUT2D eigenvalue weighted by Crippen LogP contribution is -2.43. The van der Waals surface area contributed by atoms with Crippen LogP contribution in [-0.2, 0) is 10.1 Å². The molecule has 0 rings (SSSR count). The largest absolute Gasteiger partial charge is 0.391 e. The van der Waals surface area contributed by atoms with Crippen LogP contribution in [0.1, 0.15) is 6.92 Å². The summed E-state index contributed by atoms with van der Waals surface area (Å²) < 4.78 is 29.7. The van der Waals surface area contributed by atoms with E-state index in [0.717, 1.165) is 0 Å². The fourth-order valence-corrected chi connectivity index (χ4v) is 1.98. The van der Waals surface area contributed by atoms with Gasteiger partial charge < -0.3 is 5.11 Å². The fourth-order valence-electron chi connectivity index (χ4n) is 0.947. The van der Waals surface area contributed by atoms with Crippen LogP contribution in [0.4, 0.5) is 0 Å². The smallest absolute Gasteiger partial charge is 0.283 e. The Morgan fingerprint density at radius 1 is 1.36 bits per heavy atom. The van der Waals surface area contributed by atoms with Crippen molar-refractivity contribution in [2.24, 2.45) is 0 Å². The Bertz CT molecular complexity index is 201. The average molecular weight is 183 g/mol. The van der Waals surface area contributed by atoms with Crippen molar-refractivity contribution in [1.29, 1.82) is 0 Å². The van der Waals surface area contributed by atoms with Gasteiger partial charge in [-0.2, -0.15) is 8.42 Å². The van der Waals surface area contributed by atoms with E-state index in [4.69, 9.17) is 9.66 Å². The Morgan fingerprint density at radius 2 is 1.73 bits per heavy atom. The quantitative estimate of drug-likeness (QED) is 0.557. The van der Waals surface area contributed by atoms with E-state index in [1.54, 1.807) is 0 Å². The molecule has 2 N–H and O–H groups in total. The molecule has 0 aliphatic carbocycles. The summed E-state index contributed by atoms with van der Waals surface area (Å²) in [4.78, 5) is 1.24. The number of rotatable bonds is 3. The normalized spacial score (nSPS) is 18.4. The Labute approximate surface area is 66.4 Å². The van der Waals surface area contributed by atoms with Crippen molar-refractivity contribution in [3.8, 4) is 0 Å². The van der Waals surface area contributed by atoms with E-state index in [2.05, 4.69) is 0 Å². The number of nitrogens with zero attached hydrogens (tertiary/aromatic N) is 1. The molecule has 0 aliphatic rings. The zero-order valence-electron chi connectivity index (χ0n) is 6.72. The Kier molecular flexibility index (Phi) is 3.43. The number of hydrogen-bond donors (Lipinski definition) is 2. The molecular weight excluding hydrogens is 170 g/mol. The summed E-state index contributed by atoms with van der Waals surface area (Å²) in [6, 6.07) is 0. The van der Waals surface area contributed by atoms with Crippen molar-refractivity contribution < 1.29 is 18.1 Å².